The molecule has 0 saturated heterocycles. The number of benzene rings is 3. The number of anilines is 3. The van der Waals surface area contributed by atoms with Crippen molar-refractivity contribution in [2.45, 2.75) is 25.8 Å². The Labute approximate surface area is 163 Å². The maximum Gasteiger partial charge on any atom is 0.249 e. The van der Waals surface area contributed by atoms with Gasteiger partial charge in [0.25, 0.3) is 0 Å². The second-order valence-electron chi connectivity index (χ2n) is 7.47. The summed E-state index contributed by atoms with van der Waals surface area (Å²) in [5, 5.41) is 8.68. The normalized spacial score (nSPS) is 15.9. The summed E-state index contributed by atoms with van der Waals surface area (Å²) in [5.74, 6) is -0.296. The van der Waals surface area contributed by atoms with Crippen LogP contribution in [0, 0.1) is 0 Å². The topological polar surface area (TPSA) is 61.4 Å². The lowest BCUT2D eigenvalue weighted by Crippen LogP contribution is -2.47. The Morgan fingerprint density at radius 1 is 1.04 bits per heavy atom. The average Bonchev–Trinajstić information content (AvgIpc) is 3.13. The van der Waals surface area contributed by atoms with Crippen LogP contribution in [0.5, 0.6) is 0 Å². The van der Waals surface area contributed by atoms with Crippen LogP contribution in [0.25, 0.3) is 10.8 Å². The van der Waals surface area contributed by atoms with Crippen molar-refractivity contribution in [1.29, 1.82) is 0 Å². The maximum atomic E-state index is 13.2. The Morgan fingerprint density at radius 3 is 2.68 bits per heavy atom. The third-order valence-electron chi connectivity index (χ3n) is 5.66. The molecule has 140 valence electrons. The Kier molecular flexibility index (Phi) is 3.83. The Balaban J connectivity index is 1.46. The van der Waals surface area contributed by atoms with Crippen molar-refractivity contribution in [3.63, 3.8) is 0 Å². The van der Waals surface area contributed by atoms with Crippen LogP contribution >= 0.6 is 0 Å². The first-order chi connectivity index (χ1) is 13.6. The van der Waals surface area contributed by atoms with E-state index in [9.17, 15) is 9.59 Å². The molecule has 0 radical (unpaired) electrons. The molecular weight excluding hydrogens is 350 g/mol. The number of nitrogens with one attached hydrogen (secondary N) is 2. The fourth-order valence-corrected chi connectivity index (χ4v) is 4.33. The van der Waals surface area contributed by atoms with E-state index in [-0.39, 0.29) is 18.4 Å². The van der Waals surface area contributed by atoms with E-state index in [2.05, 4.69) is 41.0 Å². The van der Waals surface area contributed by atoms with Crippen molar-refractivity contribution < 1.29 is 9.59 Å². The fourth-order valence-electron chi connectivity index (χ4n) is 4.33. The first kappa shape index (κ1) is 16.8. The molecule has 2 amide bonds. The van der Waals surface area contributed by atoms with Crippen LogP contribution in [0.1, 0.15) is 18.1 Å². The molecule has 3 aromatic rings. The largest absolute Gasteiger partial charge is 0.373 e. The second kappa shape index (κ2) is 6.37. The molecule has 3 aromatic carbocycles. The molecule has 0 fully saturated rings. The summed E-state index contributed by atoms with van der Waals surface area (Å²) in [6, 6.07) is 17.5. The molecule has 0 aromatic heterocycles. The Morgan fingerprint density at radius 2 is 1.82 bits per heavy atom. The van der Waals surface area contributed by atoms with E-state index in [1.54, 1.807) is 4.90 Å². The highest BCUT2D eigenvalue weighted by Crippen LogP contribution is 2.35. The summed E-state index contributed by atoms with van der Waals surface area (Å²) in [5.41, 5.74) is 5.11. The zero-order valence-electron chi connectivity index (χ0n) is 15.7. The lowest BCUT2D eigenvalue weighted by Gasteiger charge is -2.31. The number of amides is 2. The second-order valence-corrected chi connectivity index (χ2v) is 7.47. The van der Waals surface area contributed by atoms with Gasteiger partial charge in [-0.3, -0.25) is 14.5 Å². The minimum atomic E-state index is -0.461. The number of rotatable bonds is 3. The molecule has 1 aliphatic carbocycles. The monoisotopic (exact) mass is 371 g/mol. The lowest BCUT2D eigenvalue weighted by molar-refractivity contribution is -0.122. The highest BCUT2D eigenvalue weighted by Gasteiger charge is 2.30. The maximum absolute atomic E-state index is 13.2. The van der Waals surface area contributed by atoms with Crippen LogP contribution in [-0.4, -0.2) is 24.4 Å². The highest BCUT2D eigenvalue weighted by molar-refractivity contribution is 6.12. The van der Waals surface area contributed by atoms with Crippen molar-refractivity contribution >= 4 is 39.6 Å². The molecule has 1 aliphatic heterocycles. The van der Waals surface area contributed by atoms with E-state index in [1.165, 1.54) is 16.5 Å². The Bertz CT molecular complexity index is 1110. The number of aryl methyl sites for hydroxylation is 2. The predicted octanol–water partition coefficient (Wildman–Crippen LogP) is 3.72. The quantitative estimate of drug-likeness (QED) is 0.738. The number of fused-ring (bicyclic) bond motifs is 1. The van der Waals surface area contributed by atoms with Gasteiger partial charge in [-0.25, -0.2) is 0 Å². The standard InChI is InChI=1S/C23H21N3O2/c1-14(23(28)26-13-21(27)25-19-7-2-3-8-20(19)26)24-18-12-11-16-10-9-15-5-4-6-17(18)22(15)16/h2-8,11-12,14,24H,9-10,13H2,1H3,(H,25,27)/t14-/m1/s1. The van der Waals surface area contributed by atoms with Gasteiger partial charge in [0, 0.05) is 11.1 Å². The van der Waals surface area contributed by atoms with Crippen molar-refractivity contribution in [2.75, 3.05) is 22.1 Å². The molecule has 1 atom stereocenters. The number of hydrogen-bond acceptors (Lipinski definition) is 3. The van der Waals surface area contributed by atoms with Gasteiger partial charge >= 0.3 is 0 Å². The van der Waals surface area contributed by atoms with Gasteiger partial charge < -0.3 is 10.6 Å². The van der Waals surface area contributed by atoms with Gasteiger partial charge in [-0.15, -0.1) is 0 Å². The predicted molar refractivity (Wildman–Crippen MR) is 112 cm³/mol. The van der Waals surface area contributed by atoms with E-state index in [0.717, 1.165) is 29.6 Å². The fraction of sp³-hybridized carbons (Fsp3) is 0.217. The Hall–Kier alpha value is -3.34. The molecule has 1 heterocycles. The molecule has 0 unspecified atom stereocenters. The van der Waals surface area contributed by atoms with Gasteiger partial charge in [0.15, 0.2) is 0 Å². The van der Waals surface area contributed by atoms with Crippen molar-refractivity contribution in [3.8, 4) is 0 Å². The molecule has 0 saturated carbocycles. The molecule has 2 N–H and O–H groups in total. The van der Waals surface area contributed by atoms with Crippen LogP contribution in [0.15, 0.2) is 54.6 Å². The number of para-hydroxylation sites is 2. The molecule has 0 bridgehead atoms. The summed E-state index contributed by atoms with van der Waals surface area (Å²) >= 11 is 0. The molecule has 5 rings (SSSR count). The van der Waals surface area contributed by atoms with Gasteiger partial charge in [0.1, 0.15) is 12.6 Å². The average molecular weight is 371 g/mol. The minimum absolute atomic E-state index is 0.0334. The minimum Gasteiger partial charge on any atom is -0.373 e. The molecule has 5 nitrogen and oxygen atoms in total. The van der Waals surface area contributed by atoms with Crippen molar-refractivity contribution in [2.24, 2.45) is 0 Å². The summed E-state index contributed by atoms with van der Waals surface area (Å²) in [7, 11) is 0. The van der Waals surface area contributed by atoms with E-state index in [4.69, 9.17) is 0 Å². The number of carbonyl (C=O) groups excluding carboxylic acids is 2. The SMILES string of the molecule is C[C@@H](Nc1ccc2c3c(cccc13)CC2)C(=O)N1CC(=O)Nc2ccccc21. The van der Waals surface area contributed by atoms with Gasteiger partial charge in [-0.1, -0.05) is 36.4 Å². The van der Waals surface area contributed by atoms with E-state index >= 15 is 0 Å². The molecule has 2 aliphatic rings. The third kappa shape index (κ3) is 2.62. The van der Waals surface area contributed by atoms with Crippen molar-refractivity contribution in [1.82, 2.24) is 0 Å². The number of hydrogen-bond donors (Lipinski definition) is 2. The summed E-state index contributed by atoms with van der Waals surface area (Å²) in [4.78, 5) is 26.8. The van der Waals surface area contributed by atoms with E-state index in [0.29, 0.717) is 5.69 Å². The summed E-state index contributed by atoms with van der Waals surface area (Å²) < 4.78 is 0. The third-order valence-corrected chi connectivity index (χ3v) is 5.66. The van der Waals surface area contributed by atoms with Crippen LogP contribution in [0.4, 0.5) is 17.1 Å². The van der Waals surface area contributed by atoms with Gasteiger partial charge in [0.05, 0.1) is 11.4 Å². The molecule has 5 heteroatoms. The van der Waals surface area contributed by atoms with Crippen LogP contribution < -0.4 is 15.5 Å². The first-order valence-electron chi connectivity index (χ1n) is 9.62. The molecule has 0 spiro atoms. The van der Waals surface area contributed by atoms with Crippen LogP contribution in [0.3, 0.4) is 0 Å². The molecule has 28 heavy (non-hydrogen) atoms. The van der Waals surface area contributed by atoms with Gasteiger partial charge in [-0.05, 0) is 54.5 Å². The summed E-state index contributed by atoms with van der Waals surface area (Å²) in [6.07, 6.45) is 2.15. The van der Waals surface area contributed by atoms with Crippen LogP contribution in [0.2, 0.25) is 0 Å². The lowest BCUT2D eigenvalue weighted by atomic mass is 10.0. The smallest absolute Gasteiger partial charge is 0.249 e. The van der Waals surface area contributed by atoms with Gasteiger partial charge in [-0.2, -0.15) is 0 Å². The van der Waals surface area contributed by atoms with E-state index < -0.39 is 6.04 Å². The van der Waals surface area contributed by atoms with E-state index in [1.807, 2.05) is 31.2 Å². The number of carbonyl (C=O) groups is 2. The van der Waals surface area contributed by atoms with Crippen LogP contribution in [-0.2, 0) is 22.4 Å². The van der Waals surface area contributed by atoms with Crippen molar-refractivity contribution in [3.05, 3.63) is 65.7 Å². The summed E-state index contributed by atoms with van der Waals surface area (Å²) in [6.45, 7) is 1.88. The number of nitrogens with zero attached hydrogens (tertiary/aromatic N) is 1. The molecular formula is C23H21N3O2. The zero-order valence-corrected chi connectivity index (χ0v) is 15.7. The zero-order chi connectivity index (χ0) is 19.3. The highest BCUT2D eigenvalue weighted by atomic mass is 16.2. The van der Waals surface area contributed by atoms with Gasteiger partial charge in [0.2, 0.25) is 11.8 Å². The first-order valence-corrected chi connectivity index (χ1v) is 9.62.